The third-order valence-corrected chi connectivity index (χ3v) is 7.04. The van der Waals surface area contributed by atoms with Gasteiger partial charge in [0.25, 0.3) is 0 Å². The first-order valence-electron chi connectivity index (χ1n) is 13.7. The van der Waals surface area contributed by atoms with E-state index in [2.05, 4.69) is 23.3 Å². The molecule has 1 aliphatic heterocycles. The highest BCUT2D eigenvalue weighted by atomic mass is 16.2. The molecule has 0 spiro atoms. The van der Waals surface area contributed by atoms with Gasteiger partial charge in [0, 0.05) is 39.4 Å². The molecule has 3 amide bonds. The van der Waals surface area contributed by atoms with Crippen LogP contribution in [0.4, 0.5) is 10.5 Å². The normalized spacial score (nSPS) is 15.8. The number of aldehydes is 1. The molecule has 0 saturated carbocycles. The van der Waals surface area contributed by atoms with Gasteiger partial charge in [-0.1, -0.05) is 78.9 Å². The SMILES string of the molecule is C=CCN(C(=O)NCc1ccccc1)N1CC(=O)N([C@H](C=O)c2ccccc2)[C@@H]1CNCc1cccc(N(C)C)c1. The number of urea groups is 1. The van der Waals surface area contributed by atoms with Crippen molar-refractivity contribution in [2.24, 2.45) is 0 Å². The summed E-state index contributed by atoms with van der Waals surface area (Å²) in [6.07, 6.45) is 1.82. The van der Waals surface area contributed by atoms with Crippen LogP contribution in [0.5, 0.6) is 0 Å². The number of anilines is 1. The Morgan fingerprint density at radius 1 is 1.00 bits per heavy atom. The van der Waals surface area contributed by atoms with Crippen LogP contribution in [-0.4, -0.2) is 73.0 Å². The monoisotopic (exact) mass is 554 g/mol. The number of hydrogen-bond acceptors (Lipinski definition) is 6. The van der Waals surface area contributed by atoms with Gasteiger partial charge in [-0.05, 0) is 28.8 Å². The molecule has 3 aromatic carbocycles. The number of carbonyl (C=O) groups excluding carboxylic acids is 3. The fourth-order valence-electron chi connectivity index (χ4n) is 4.96. The van der Waals surface area contributed by atoms with E-state index in [1.54, 1.807) is 16.0 Å². The number of carbonyl (C=O) groups is 3. The van der Waals surface area contributed by atoms with E-state index in [-0.39, 0.29) is 25.0 Å². The van der Waals surface area contributed by atoms with Crippen molar-refractivity contribution in [2.45, 2.75) is 25.3 Å². The maximum absolute atomic E-state index is 13.5. The van der Waals surface area contributed by atoms with Crippen molar-refractivity contribution in [3.63, 3.8) is 0 Å². The van der Waals surface area contributed by atoms with Gasteiger partial charge in [-0.25, -0.2) is 4.79 Å². The first kappa shape index (κ1) is 29.5. The lowest BCUT2D eigenvalue weighted by Crippen LogP contribution is -2.57. The van der Waals surface area contributed by atoms with Crippen molar-refractivity contribution in [2.75, 3.05) is 38.6 Å². The molecule has 214 valence electrons. The average molecular weight is 555 g/mol. The van der Waals surface area contributed by atoms with Crippen molar-refractivity contribution < 1.29 is 14.4 Å². The Bertz CT molecular complexity index is 1320. The zero-order chi connectivity index (χ0) is 29.2. The molecule has 1 saturated heterocycles. The Morgan fingerprint density at radius 3 is 2.34 bits per heavy atom. The molecule has 0 aliphatic carbocycles. The number of nitrogens with one attached hydrogen (secondary N) is 2. The summed E-state index contributed by atoms with van der Waals surface area (Å²) in [4.78, 5) is 43.0. The molecule has 3 aromatic rings. The van der Waals surface area contributed by atoms with Crippen molar-refractivity contribution in [3.8, 4) is 0 Å². The van der Waals surface area contributed by atoms with E-state index in [0.717, 1.165) is 23.1 Å². The first-order valence-corrected chi connectivity index (χ1v) is 13.7. The summed E-state index contributed by atoms with van der Waals surface area (Å²) in [5.41, 5.74) is 3.84. The zero-order valence-electron chi connectivity index (χ0n) is 23.6. The van der Waals surface area contributed by atoms with Gasteiger partial charge in [-0.15, -0.1) is 6.58 Å². The molecule has 1 heterocycles. The summed E-state index contributed by atoms with van der Waals surface area (Å²) < 4.78 is 0. The lowest BCUT2D eigenvalue weighted by Gasteiger charge is -2.38. The Labute approximate surface area is 242 Å². The maximum Gasteiger partial charge on any atom is 0.332 e. The molecule has 41 heavy (non-hydrogen) atoms. The standard InChI is InChI=1S/C32H38N6O3/c1-4-18-36(32(41)34-21-25-12-7-5-8-13-25)37-23-31(40)38(29(24-39)27-15-9-6-10-16-27)30(37)22-33-20-26-14-11-17-28(19-26)35(2)3/h4-17,19,24,29-30,33H,1,18,20-23H2,2-3H3,(H,34,41)/t29-,30-/m1/s1. The summed E-state index contributed by atoms with van der Waals surface area (Å²) in [5, 5.41) is 9.65. The van der Waals surface area contributed by atoms with Gasteiger partial charge in [0.05, 0.1) is 13.1 Å². The van der Waals surface area contributed by atoms with Gasteiger partial charge in [0.15, 0.2) is 0 Å². The van der Waals surface area contributed by atoms with Crippen LogP contribution in [0.3, 0.4) is 0 Å². The van der Waals surface area contributed by atoms with Crippen LogP contribution in [0.2, 0.25) is 0 Å². The van der Waals surface area contributed by atoms with E-state index in [0.29, 0.717) is 25.2 Å². The lowest BCUT2D eigenvalue weighted by atomic mass is 10.1. The van der Waals surface area contributed by atoms with Crippen molar-refractivity contribution in [1.82, 2.24) is 25.6 Å². The number of nitrogens with zero attached hydrogens (tertiary/aromatic N) is 4. The molecule has 9 nitrogen and oxygen atoms in total. The second-order valence-electron chi connectivity index (χ2n) is 10.1. The minimum absolute atomic E-state index is 0.0494. The molecule has 1 fully saturated rings. The Balaban J connectivity index is 1.59. The summed E-state index contributed by atoms with van der Waals surface area (Å²) in [6.45, 7) is 5.20. The van der Waals surface area contributed by atoms with Crippen LogP contribution in [0, 0.1) is 0 Å². The number of amides is 3. The minimum Gasteiger partial charge on any atom is -0.378 e. The van der Waals surface area contributed by atoms with E-state index in [1.807, 2.05) is 97.9 Å². The topological polar surface area (TPSA) is 88.2 Å². The summed E-state index contributed by atoms with van der Waals surface area (Å²) in [6, 6.07) is 25.9. The highest BCUT2D eigenvalue weighted by Gasteiger charge is 2.45. The molecule has 0 aromatic heterocycles. The summed E-state index contributed by atoms with van der Waals surface area (Å²) in [7, 11) is 3.99. The smallest absolute Gasteiger partial charge is 0.332 e. The Morgan fingerprint density at radius 2 is 1.68 bits per heavy atom. The number of hydrogen-bond donors (Lipinski definition) is 2. The first-order chi connectivity index (χ1) is 19.9. The third-order valence-electron chi connectivity index (χ3n) is 7.04. The third kappa shape index (κ3) is 7.39. The van der Waals surface area contributed by atoms with Crippen molar-refractivity contribution in [1.29, 1.82) is 0 Å². The van der Waals surface area contributed by atoms with Crippen LogP contribution in [0.1, 0.15) is 22.7 Å². The molecule has 1 aliphatic rings. The second-order valence-corrected chi connectivity index (χ2v) is 10.1. The van der Waals surface area contributed by atoms with Crippen molar-refractivity contribution >= 4 is 23.9 Å². The van der Waals surface area contributed by atoms with E-state index < -0.39 is 12.2 Å². The predicted molar refractivity (Wildman–Crippen MR) is 161 cm³/mol. The number of benzene rings is 3. The van der Waals surface area contributed by atoms with Gasteiger partial charge in [-0.3, -0.25) is 9.80 Å². The summed E-state index contributed by atoms with van der Waals surface area (Å²) >= 11 is 0. The van der Waals surface area contributed by atoms with E-state index >= 15 is 0 Å². The number of rotatable bonds is 13. The van der Waals surface area contributed by atoms with Crippen LogP contribution in [0.15, 0.2) is 97.6 Å². The van der Waals surface area contributed by atoms with E-state index in [9.17, 15) is 14.4 Å². The van der Waals surface area contributed by atoms with Crippen LogP contribution in [0.25, 0.3) is 0 Å². The van der Waals surface area contributed by atoms with E-state index in [4.69, 9.17) is 0 Å². The largest absolute Gasteiger partial charge is 0.378 e. The summed E-state index contributed by atoms with van der Waals surface area (Å²) in [5.74, 6) is -0.239. The molecule has 4 rings (SSSR count). The molecule has 2 atom stereocenters. The zero-order valence-corrected chi connectivity index (χ0v) is 23.6. The predicted octanol–water partition coefficient (Wildman–Crippen LogP) is 3.57. The van der Waals surface area contributed by atoms with Crippen LogP contribution < -0.4 is 15.5 Å². The second kappa shape index (κ2) is 14.2. The Hall–Kier alpha value is -4.47. The highest BCUT2D eigenvalue weighted by Crippen LogP contribution is 2.29. The fraction of sp³-hybridized carbons (Fsp3) is 0.281. The Kier molecular flexibility index (Phi) is 10.3. The maximum atomic E-state index is 13.5. The molecular weight excluding hydrogens is 516 g/mol. The average Bonchev–Trinajstić information content (AvgIpc) is 3.31. The lowest BCUT2D eigenvalue weighted by molar-refractivity contribution is -0.134. The quantitative estimate of drug-likeness (QED) is 0.248. The number of hydrazine groups is 1. The molecule has 0 radical (unpaired) electrons. The van der Waals surface area contributed by atoms with Crippen molar-refractivity contribution in [3.05, 3.63) is 114 Å². The van der Waals surface area contributed by atoms with Gasteiger partial charge < -0.3 is 25.2 Å². The molecule has 0 bridgehead atoms. The molecule has 9 heteroatoms. The van der Waals surface area contributed by atoms with Crippen LogP contribution in [-0.2, 0) is 22.7 Å². The highest BCUT2D eigenvalue weighted by molar-refractivity contribution is 5.85. The van der Waals surface area contributed by atoms with Crippen LogP contribution >= 0.6 is 0 Å². The van der Waals surface area contributed by atoms with Gasteiger partial charge in [0.2, 0.25) is 5.91 Å². The fourth-order valence-corrected chi connectivity index (χ4v) is 4.96. The van der Waals surface area contributed by atoms with Gasteiger partial charge in [-0.2, -0.15) is 5.01 Å². The molecule has 2 N–H and O–H groups in total. The van der Waals surface area contributed by atoms with E-state index in [1.165, 1.54) is 5.01 Å². The molecular formula is C32H38N6O3. The van der Waals surface area contributed by atoms with Gasteiger partial charge >= 0.3 is 6.03 Å². The molecule has 0 unspecified atom stereocenters. The minimum atomic E-state index is -0.796. The van der Waals surface area contributed by atoms with Gasteiger partial charge in [0.1, 0.15) is 18.5 Å².